The Labute approximate surface area is 166 Å². The fourth-order valence-electron chi connectivity index (χ4n) is 2.92. The number of anilines is 1. The summed E-state index contributed by atoms with van der Waals surface area (Å²) in [6.45, 7) is 0.831. The highest BCUT2D eigenvalue weighted by Crippen LogP contribution is 2.29. The second-order valence-electron chi connectivity index (χ2n) is 6.34. The molecule has 1 aliphatic rings. The second-order valence-corrected chi connectivity index (χ2v) is 6.75. The van der Waals surface area contributed by atoms with Crippen molar-refractivity contribution in [2.45, 2.75) is 26.5 Å². The summed E-state index contributed by atoms with van der Waals surface area (Å²) >= 11 is 5.21. The highest BCUT2D eigenvalue weighted by Gasteiger charge is 2.30. The van der Waals surface area contributed by atoms with Crippen molar-refractivity contribution in [1.29, 1.82) is 0 Å². The van der Waals surface area contributed by atoms with Crippen LogP contribution in [-0.2, 0) is 4.79 Å². The Morgan fingerprint density at radius 2 is 1.75 bits per heavy atom. The van der Waals surface area contributed by atoms with E-state index < -0.39 is 12.7 Å². The van der Waals surface area contributed by atoms with Crippen molar-refractivity contribution in [3.05, 3.63) is 70.9 Å². The standard InChI is InChI=1S/C20H19F2N3O2S/c1-11-3-7-14(8-4-11)24-18(26)16-12(2)23-20(28)25-17(16)13-5-9-15(10-6-13)27-19(21)22/h3-10,17,19H,1-2H3,(H,24,26)(H2,23,25,28)/t17-/m1/s1. The minimum absolute atomic E-state index is 0.0432. The number of amides is 1. The third-order valence-electron chi connectivity index (χ3n) is 4.26. The van der Waals surface area contributed by atoms with Gasteiger partial charge in [0.2, 0.25) is 0 Å². The van der Waals surface area contributed by atoms with E-state index in [0.717, 1.165) is 5.56 Å². The molecule has 1 amide bonds. The molecule has 146 valence electrons. The lowest BCUT2D eigenvalue weighted by Gasteiger charge is -2.30. The summed E-state index contributed by atoms with van der Waals surface area (Å²) in [4.78, 5) is 12.9. The van der Waals surface area contributed by atoms with Gasteiger partial charge >= 0.3 is 6.61 Å². The van der Waals surface area contributed by atoms with Crippen LogP contribution >= 0.6 is 12.2 Å². The topological polar surface area (TPSA) is 62.4 Å². The number of carbonyl (C=O) groups excluding carboxylic acids is 1. The van der Waals surface area contributed by atoms with Gasteiger partial charge in [0, 0.05) is 11.4 Å². The summed E-state index contributed by atoms with van der Waals surface area (Å²) in [5.74, 6) is -0.247. The van der Waals surface area contributed by atoms with Crippen molar-refractivity contribution in [3.8, 4) is 5.75 Å². The maximum Gasteiger partial charge on any atom is 0.387 e. The number of benzene rings is 2. The van der Waals surface area contributed by atoms with E-state index in [2.05, 4.69) is 20.7 Å². The Morgan fingerprint density at radius 1 is 1.11 bits per heavy atom. The predicted molar refractivity (Wildman–Crippen MR) is 107 cm³/mol. The van der Waals surface area contributed by atoms with Crippen molar-refractivity contribution in [1.82, 2.24) is 10.6 Å². The highest BCUT2D eigenvalue weighted by atomic mass is 32.1. The molecule has 1 heterocycles. The summed E-state index contributed by atoms with van der Waals surface area (Å²) < 4.78 is 29.1. The summed E-state index contributed by atoms with van der Waals surface area (Å²) in [6.07, 6.45) is 0. The Kier molecular flexibility index (Phi) is 5.89. The minimum atomic E-state index is -2.89. The van der Waals surface area contributed by atoms with Crippen molar-refractivity contribution in [2.75, 3.05) is 5.32 Å². The van der Waals surface area contributed by atoms with E-state index in [1.165, 1.54) is 12.1 Å². The zero-order chi connectivity index (χ0) is 20.3. The van der Waals surface area contributed by atoms with Crippen LogP contribution in [0.4, 0.5) is 14.5 Å². The fourth-order valence-corrected chi connectivity index (χ4v) is 3.19. The van der Waals surface area contributed by atoms with E-state index in [1.54, 1.807) is 19.1 Å². The average molecular weight is 403 g/mol. The lowest BCUT2D eigenvalue weighted by Crippen LogP contribution is -2.45. The Hall–Kier alpha value is -3.00. The summed E-state index contributed by atoms with van der Waals surface area (Å²) in [5, 5.41) is 9.27. The van der Waals surface area contributed by atoms with E-state index in [-0.39, 0.29) is 11.7 Å². The molecule has 1 aliphatic heterocycles. The molecule has 2 aromatic rings. The largest absolute Gasteiger partial charge is 0.435 e. The van der Waals surface area contributed by atoms with Crippen LogP contribution in [0.25, 0.3) is 0 Å². The predicted octanol–water partition coefficient (Wildman–Crippen LogP) is 4.03. The van der Waals surface area contributed by atoms with E-state index in [9.17, 15) is 13.6 Å². The van der Waals surface area contributed by atoms with Crippen LogP contribution in [-0.4, -0.2) is 17.6 Å². The number of hydrogen-bond acceptors (Lipinski definition) is 3. The maximum absolute atomic E-state index is 12.9. The van der Waals surface area contributed by atoms with E-state index in [1.807, 2.05) is 31.2 Å². The molecular weight excluding hydrogens is 384 g/mol. The molecule has 8 heteroatoms. The van der Waals surface area contributed by atoms with Crippen LogP contribution in [0, 0.1) is 6.92 Å². The fraction of sp³-hybridized carbons (Fsp3) is 0.200. The quantitative estimate of drug-likeness (QED) is 0.658. The maximum atomic E-state index is 12.9. The van der Waals surface area contributed by atoms with Gasteiger partial charge in [0.15, 0.2) is 5.11 Å². The third kappa shape index (κ3) is 4.64. The summed E-state index contributed by atoms with van der Waals surface area (Å²) in [6, 6.07) is 13.0. The Bertz CT molecular complexity index is 912. The van der Waals surface area contributed by atoms with Gasteiger partial charge in [0.05, 0.1) is 11.6 Å². The molecule has 0 fully saturated rings. The highest BCUT2D eigenvalue weighted by molar-refractivity contribution is 7.80. The van der Waals surface area contributed by atoms with E-state index in [4.69, 9.17) is 12.2 Å². The van der Waals surface area contributed by atoms with Crippen LogP contribution in [0.5, 0.6) is 5.75 Å². The smallest absolute Gasteiger partial charge is 0.387 e. The number of aryl methyl sites for hydroxylation is 1. The molecule has 2 aromatic carbocycles. The normalized spacial score (nSPS) is 16.5. The van der Waals surface area contributed by atoms with Gasteiger partial charge in [-0.1, -0.05) is 29.8 Å². The van der Waals surface area contributed by atoms with E-state index in [0.29, 0.717) is 27.6 Å². The van der Waals surface area contributed by atoms with Gasteiger partial charge in [0.1, 0.15) is 5.75 Å². The van der Waals surface area contributed by atoms with Gasteiger partial charge in [-0.25, -0.2) is 0 Å². The van der Waals surface area contributed by atoms with Gasteiger partial charge < -0.3 is 20.7 Å². The van der Waals surface area contributed by atoms with Gasteiger partial charge in [-0.15, -0.1) is 0 Å². The third-order valence-corrected chi connectivity index (χ3v) is 4.48. The van der Waals surface area contributed by atoms with Gasteiger partial charge in [-0.2, -0.15) is 8.78 Å². The summed E-state index contributed by atoms with van der Waals surface area (Å²) in [5.41, 5.74) is 3.52. The molecule has 0 aromatic heterocycles. The number of thiocarbonyl (C=S) groups is 1. The molecule has 3 N–H and O–H groups in total. The van der Waals surface area contributed by atoms with Gasteiger partial charge in [-0.05, 0) is 55.9 Å². The molecule has 0 radical (unpaired) electrons. The number of halogens is 2. The number of nitrogens with one attached hydrogen (secondary N) is 3. The number of ether oxygens (including phenoxy) is 1. The molecule has 0 aliphatic carbocycles. The zero-order valence-electron chi connectivity index (χ0n) is 15.3. The molecule has 0 saturated carbocycles. The van der Waals surface area contributed by atoms with Crippen LogP contribution in [0.1, 0.15) is 24.1 Å². The SMILES string of the molecule is CC1=C(C(=O)Nc2ccc(C)cc2)[C@@H](c2ccc(OC(F)F)cc2)NC(=S)N1. The molecule has 3 rings (SSSR count). The first-order valence-corrected chi connectivity index (χ1v) is 8.95. The average Bonchev–Trinajstić information content (AvgIpc) is 2.63. The lowest BCUT2D eigenvalue weighted by atomic mass is 9.95. The van der Waals surface area contributed by atoms with Crippen LogP contribution in [0.15, 0.2) is 59.8 Å². The Balaban J connectivity index is 1.87. The van der Waals surface area contributed by atoms with E-state index >= 15 is 0 Å². The second kappa shape index (κ2) is 8.35. The van der Waals surface area contributed by atoms with Crippen LogP contribution in [0.3, 0.4) is 0 Å². The number of alkyl halides is 2. The van der Waals surface area contributed by atoms with Crippen LogP contribution in [0.2, 0.25) is 0 Å². The minimum Gasteiger partial charge on any atom is -0.435 e. The van der Waals surface area contributed by atoms with Crippen molar-refractivity contribution < 1.29 is 18.3 Å². The lowest BCUT2D eigenvalue weighted by molar-refractivity contribution is -0.113. The molecule has 5 nitrogen and oxygen atoms in total. The molecule has 1 atom stereocenters. The molecule has 0 bridgehead atoms. The number of hydrogen-bond donors (Lipinski definition) is 3. The first-order valence-electron chi connectivity index (χ1n) is 8.54. The first-order chi connectivity index (χ1) is 13.3. The number of rotatable bonds is 5. The van der Waals surface area contributed by atoms with Crippen LogP contribution < -0.4 is 20.7 Å². The Morgan fingerprint density at radius 3 is 2.36 bits per heavy atom. The van der Waals surface area contributed by atoms with Crippen molar-refractivity contribution in [2.24, 2.45) is 0 Å². The zero-order valence-corrected chi connectivity index (χ0v) is 16.1. The first kappa shape index (κ1) is 19.8. The number of allylic oxidation sites excluding steroid dienone is 1. The monoisotopic (exact) mass is 403 g/mol. The number of carbonyl (C=O) groups is 1. The molecule has 0 spiro atoms. The van der Waals surface area contributed by atoms with Crippen molar-refractivity contribution in [3.63, 3.8) is 0 Å². The van der Waals surface area contributed by atoms with Crippen molar-refractivity contribution >= 4 is 28.9 Å². The molecule has 0 unspecified atom stereocenters. The van der Waals surface area contributed by atoms with Gasteiger partial charge in [-0.3, -0.25) is 4.79 Å². The molecule has 28 heavy (non-hydrogen) atoms. The molecule has 0 saturated heterocycles. The van der Waals surface area contributed by atoms with Gasteiger partial charge in [0.25, 0.3) is 5.91 Å². The summed E-state index contributed by atoms with van der Waals surface area (Å²) in [7, 11) is 0. The molecular formula is C20H19F2N3O2S.